The molecule has 0 N–H and O–H groups in total. The van der Waals surface area contributed by atoms with Crippen LogP contribution in [-0.4, -0.2) is 59.1 Å². The quantitative estimate of drug-likeness (QED) is 0.846. The van der Waals surface area contributed by atoms with Crippen molar-refractivity contribution in [1.29, 1.82) is 0 Å². The summed E-state index contributed by atoms with van der Waals surface area (Å²) in [4.78, 5) is 21.4. The second-order valence-electron chi connectivity index (χ2n) is 5.88. The lowest BCUT2D eigenvalue weighted by Crippen LogP contribution is -2.49. The standard InChI is InChI=1S/C14H22N4O2S/c1-10(2)12-15-14(21-16-12)18-5-3-4-11(18)13(19)17-6-8-20-9-7-17/h10-11H,3-9H2,1-2H3. The van der Waals surface area contributed by atoms with Crippen LogP contribution >= 0.6 is 11.5 Å². The van der Waals surface area contributed by atoms with Gasteiger partial charge in [-0.3, -0.25) is 4.79 Å². The molecule has 1 aromatic rings. The van der Waals surface area contributed by atoms with Gasteiger partial charge in [-0.2, -0.15) is 4.37 Å². The van der Waals surface area contributed by atoms with Gasteiger partial charge in [-0.25, -0.2) is 4.98 Å². The second kappa shape index (κ2) is 6.27. The number of carbonyl (C=O) groups excluding carboxylic acids is 1. The van der Waals surface area contributed by atoms with E-state index in [9.17, 15) is 4.79 Å². The molecule has 0 spiro atoms. The lowest BCUT2D eigenvalue weighted by Gasteiger charge is -2.32. The van der Waals surface area contributed by atoms with Gasteiger partial charge >= 0.3 is 0 Å². The Morgan fingerprint density at radius 1 is 1.33 bits per heavy atom. The molecule has 2 saturated heterocycles. The zero-order valence-electron chi connectivity index (χ0n) is 12.6. The summed E-state index contributed by atoms with van der Waals surface area (Å²) in [6, 6.07) is -0.0731. The first-order valence-corrected chi connectivity index (χ1v) is 8.41. The fourth-order valence-electron chi connectivity index (χ4n) is 2.82. The predicted octanol–water partition coefficient (Wildman–Crippen LogP) is 1.49. The van der Waals surface area contributed by atoms with Crippen molar-refractivity contribution in [1.82, 2.24) is 14.3 Å². The molecule has 0 aliphatic carbocycles. The minimum atomic E-state index is -0.0731. The number of hydrogen-bond donors (Lipinski definition) is 0. The number of rotatable bonds is 3. The summed E-state index contributed by atoms with van der Waals surface area (Å²) in [5.74, 6) is 1.42. The molecule has 2 fully saturated rings. The van der Waals surface area contributed by atoms with Gasteiger partial charge in [0.15, 0.2) is 0 Å². The number of nitrogens with zero attached hydrogens (tertiary/aromatic N) is 4. The predicted molar refractivity (Wildman–Crippen MR) is 81.8 cm³/mol. The number of ether oxygens (including phenoxy) is 1. The van der Waals surface area contributed by atoms with Crippen LogP contribution < -0.4 is 4.90 Å². The maximum Gasteiger partial charge on any atom is 0.245 e. The van der Waals surface area contributed by atoms with E-state index in [0.717, 1.165) is 30.3 Å². The van der Waals surface area contributed by atoms with E-state index in [1.807, 2.05) is 4.90 Å². The Balaban J connectivity index is 1.73. The van der Waals surface area contributed by atoms with Crippen molar-refractivity contribution in [2.24, 2.45) is 0 Å². The molecule has 3 rings (SSSR count). The Hall–Kier alpha value is -1.21. The fourth-order valence-corrected chi connectivity index (χ4v) is 3.71. The monoisotopic (exact) mass is 310 g/mol. The summed E-state index contributed by atoms with van der Waals surface area (Å²) >= 11 is 1.41. The second-order valence-corrected chi connectivity index (χ2v) is 6.61. The van der Waals surface area contributed by atoms with Gasteiger partial charge in [0, 0.05) is 37.1 Å². The first-order valence-electron chi connectivity index (χ1n) is 7.63. The molecule has 2 aliphatic heterocycles. The highest BCUT2D eigenvalue weighted by Gasteiger charge is 2.36. The molecule has 7 heteroatoms. The number of carbonyl (C=O) groups is 1. The van der Waals surface area contributed by atoms with E-state index in [1.165, 1.54) is 11.5 Å². The van der Waals surface area contributed by atoms with Crippen LogP contribution in [0.15, 0.2) is 0 Å². The minimum Gasteiger partial charge on any atom is -0.378 e. The van der Waals surface area contributed by atoms with E-state index in [0.29, 0.717) is 32.2 Å². The van der Waals surface area contributed by atoms with Crippen LogP contribution in [0, 0.1) is 0 Å². The van der Waals surface area contributed by atoms with Crippen molar-refractivity contribution in [3.8, 4) is 0 Å². The lowest BCUT2D eigenvalue weighted by atomic mass is 10.2. The molecular weight excluding hydrogens is 288 g/mol. The van der Waals surface area contributed by atoms with Gasteiger partial charge in [-0.05, 0) is 12.8 Å². The Kier molecular flexibility index (Phi) is 4.40. The van der Waals surface area contributed by atoms with Crippen LogP contribution in [0.4, 0.5) is 5.13 Å². The molecule has 1 amide bonds. The van der Waals surface area contributed by atoms with Crippen molar-refractivity contribution in [3.05, 3.63) is 5.82 Å². The molecule has 1 atom stereocenters. The molecule has 1 unspecified atom stereocenters. The van der Waals surface area contributed by atoms with Gasteiger partial charge in [0.25, 0.3) is 0 Å². The van der Waals surface area contributed by atoms with Gasteiger partial charge in [-0.1, -0.05) is 13.8 Å². The molecule has 2 aliphatic rings. The Morgan fingerprint density at radius 2 is 2.10 bits per heavy atom. The molecule has 0 saturated carbocycles. The van der Waals surface area contributed by atoms with Crippen molar-refractivity contribution in [2.75, 3.05) is 37.7 Å². The lowest BCUT2D eigenvalue weighted by molar-refractivity contribution is -0.136. The number of hydrogen-bond acceptors (Lipinski definition) is 6. The highest BCUT2D eigenvalue weighted by Crippen LogP contribution is 2.29. The molecule has 0 aromatic carbocycles. The van der Waals surface area contributed by atoms with Crippen LogP contribution in [0.2, 0.25) is 0 Å². The van der Waals surface area contributed by atoms with E-state index in [1.54, 1.807) is 0 Å². The first kappa shape index (κ1) is 14.7. The third-order valence-electron chi connectivity index (χ3n) is 4.05. The summed E-state index contributed by atoms with van der Waals surface area (Å²) in [7, 11) is 0. The van der Waals surface area contributed by atoms with Crippen LogP contribution in [0.5, 0.6) is 0 Å². The van der Waals surface area contributed by atoms with Gasteiger partial charge < -0.3 is 14.5 Å². The maximum atomic E-state index is 12.7. The van der Waals surface area contributed by atoms with Gasteiger partial charge in [0.1, 0.15) is 11.9 Å². The Morgan fingerprint density at radius 3 is 2.76 bits per heavy atom. The first-order chi connectivity index (χ1) is 10.2. The van der Waals surface area contributed by atoms with E-state index in [-0.39, 0.29) is 11.9 Å². The highest BCUT2D eigenvalue weighted by atomic mass is 32.1. The third-order valence-corrected chi connectivity index (χ3v) is 4.82. The summed E-state index contributed by atoms with van der Waals surface area (Å²) < 4.78 is 9.74. The minimum absolute atomic E-state index is 0.0731. The van der Waals surface area contributed by atoms with E-state index < -0.39 is 0 Å². The SMILES string of the molecule is CC(C)c1nsc(N2CCCC2C(=O)N2CCOCC2)n1. The molecule has 0 radical (unpaired) electrons. The largest absolute Gasteiger partial charge is 0.378 e. The van der Waals surface area contributed by atoms with Gasteiger partial charge in [0.2, 0.25) is 11.0 Å². The smallest absolute Gasteiger partial charge is 0.245 e. The zero-order chi connectivity index (χ0) is 14.8. The van der Waals surface area contributed by atoms with Crippen molar-refractivity contribution in [3.63, 3.8) is 0 Å². The van der Waals surface area contributed by atoms with Crippen LogP contribution in [0.25, 0.3) is 0 Å². The molecule has 116 valence electrons. The molecule has 1 aromatic heterocycles. The van der Waals surface area contributed by atoms with Crippen molar-refractivity contribution in [2.45, 2.75) is 38.6 Å². The normalized spacial score (nSPS) is 23.1. The number of amides is 1. The molecule has 0 bridgehead atoms. The van der Waals surface area contributed by atoms with Gasteiger partial charge in [-0.15, -0.1) is 0 Å². The molecule has 21 heavy (non-hydrogen) atoms. The Labute approximate surface area is 129 Å². The van der Waals surface area contributed by atoms with Crippen LogP contribution in [0.3, 0.4) is 0 Å². The van der Waals surface area contributed by atoms with Gasteiger partial charge in [0.05, 0.1) is 13.2 Å². The molecular formula is C14H22N4O2S. The van der Waals surface area contributed by atoms with Crippen molar-refractivity contribution < 1.29 is 9.53 Å². The topological polar surface area (TPSA) is 58.6 Å². The summed E-state index contributed by atoms with van der Waals surface area (Å²) in [6.45, 7) is 7.78. The van der Waals surface area contributed by atoms with E-state index in [2.05, 4.69) is 28.1 Å². The highest BCUT2D eigenvalue weighted by molar-refractivity contribution is 7.09. The molecule has 6 nitrogen and oxygen atoms in total. The fraction of sp³-hybridized carbons (Fsp3) is 0.786. The Bertz CT molecular complexity index is 499. The zero-order valence-corrected chi connectivity index (χ0v) is 13.4. The summed E-state index contributed by atoms with van der Waals surface area (Å²) in [5, 5.41) is 0.891. The average Bonchev–Trinajstić information content (AvgIpc) is 3.16. The van der Waals surface area contributed by atoms with Crippen LogP contribution in [0.1, 0.15) is 38.4 Å². The van der Waals surface area contributed by atoms with E-state index >= 15 is 0 Å². The summed E-state index contributed by atoms with van der Waals surface area (Å²) in [5.41, 5.74) is 0. The third kappa shape index (κ3) is 3.03. The van der Waals surface area contributed by atoms with Crippen molar-refractivity contribution >= 4 is 22.6 Å². The average molecular weight is 310 g/mol. The maximum absolute atomic E-state index is 12.7. The number of morpholine rings is 1. The number of anilines is 1. The van der Waals surface area contributed by atoms with E-state index in [4.69, 9.17) is 4.74 Å². The van der Waals surface area contributed by atoms with Crippen LogP contribution in [-0.2, 0) is 9.53 Å². The summed E-state index contributed by atoms with van der Waals surface area (Å²) in [6.07, 6.45) is 1.95. The molecule has 3 heterocycles. The number of aromatic nitrogens is 2.